The minimum atomic E-state index is -4.41. The van der Waals surface area contributed by atoms with Gasteiger partial charge in [-0.25, -0.2) is 5.43 Å². The van der Waals surface area contributed by atoms with Crippen LogP contribution in [0.25, 0.3) is 21.7 Å². The minimum absolute atomic E-state index is 0.0226. The third-order valence-electron chi connectivity index (χ3n) is 4.75. The Morgan fingerprint density at radius 1 is 1.38 bits per heavy atom. The quantitative estimate of drug-likeness (QED) is 0.512. The molecule has 1 aliphatic heterocycles. The van der Waals surface area contributed by atoms with E-state index in [1.165, 1.54) is 11.3 Å². The van der Waals surface area contributed by atoms with Gasteiger partial charge < -0.3 is 19.4 Å². The van der Waals surface area contributed by atoms with Gasteiger partial charge >= 0.3 is 6.18 Å². The number of carbonyl (C=O) groups is 1. The lowest BCUT2D eigenvalue weighted by atomic mass is 10.1. The van der Waals surface area contributed by atoms with Crippen molar-refractivity contribution in [2.75, 3.05) is 6.54 Å². The van der Waals surface area contributed by atoms with Crippen LogP contribution in [0.3, 0.4) is 0 Å². The van der Waals surface area contributed by atoms with Crippen molar-refractivity contribution >= 4 is 43.4 Å². The van der Waals surface area contributed by atoms with E-state index in [1.807, 2.05) is 25.8 Å². The van der Waals surface area contributed by atoms with Crippen LogP contribution in [-0.4, -0.2) is 43.9 Å². The second-order valence-corrected chi connectivity index (χ2v) is 9.97. The molecule has 0 aliphatic carbocycles. The standard InChI is InChI=1S/C19H20BrF3N6O2S/c1-18(2,3)29-7-10(5-25-29)16(30)24-6-14-26-15(27-31-14)13-4-11-12(20)8-32-17(11)28(13)9-19(21,22)23/h4,7-8,25H,5-6,9H2,1-3H3,(H,24,30). The van der Waals surface area contributed by atoms with Crippen LogP contribution < -0.4 is 10.7 Å². The number of nitrogens with one attached hydrogen (secondary N) is 2. The number of aromatic nitrogens is 3. The highest BCUT2D eigenvalue weighted by atomic mass is 79.9. The maximum atomic E-state index is 13.2. The average Bonchev–Trinajstić information content (AvgIpc) is 3.44. The molecule has 0 saturated heterocycles. The molecule has 172 valence electrons. The van der Waals surface area contributed by atoms with Gasteiger partial charge in [-0.1, -0.05) is 5.16 Å². The van der Waals surface area contributed by atoms with E-state index in [4.69, 9.17) is 4.52 Å². The average molecular weight is 533 g/mol. The van der Waals surface area contributed by atoms with Crippen LogP contribution in [0.1, 0.15) is 26.7 Å². The number of carbonyl (C=O) groups excluding carboxylic acids is 1. The molecule has 4 rings (SSSR count). The molecule has 13 heteroatoms. The third kappa shape index (κ3) is 4.69. The highest BCUT2D eigenvalue weighted by Crippen LogP contribution is 2.37. The summed E-state index contributed by atoms with van der Waals surface area (Å²) in [5.74, 6) is -0.182. The number of hydrogen-bond acceptors (Lipinski definition) is 7. The third-order valence-corrected chi connectivity index (χ3v) is 6.73. The van der Waals surface area contributed by atoms with Crippen LogP contribution in [0.4, 0.5) is 13.2 Å². The van der Waals surface area contributed by atoms with Gasteiger partial charge in [-0.15, -0.1) is 11.3 Å². The first-order chi connectivity index (χ1) is 14.9. The van der Waals surface area contributed by atoms with Gasteiger partial charge in [-0.2, -0.15) is 18.2 Å². The minimum Gasteiger partial charge on any atom is -0.343 e. The fourth-order valence-corrected chi connectivity index (χ4v) is 4.85. The number of halogens is 4. The van der Waals surface area contributed by atoms with E-state index in [9.17, 15) is 18.0 Å². The Kier molecular flexibility index (Phi) is 5.84. The van der Waals surface area contributed by atoms with Gasteiger partial charge in [0.15, 0.2) is 0 Å². The Morgan fingerprint density at radius 3 is 2.78 bits per heavy atom. The van der Waals surface area contributed by atoms with Crippen molar-refractivity contribution in [3.05, 3.63) is 33.6 Å². The zero-order chi connectivity index (χ0) is 23.3. The molecule has 0 saturated carbocycles. The summed E-state index contributed by atoms with van der Waals surface area (Å²) in [5, 5.41) is 10.7. The van der Waals surface area contributed by atoms with Crippen LogP contribution in [0.5, 0.6) is 0 Å². The second kappa shape index (κ2) is 8.19. The Balaban J connectivity index is 1.51. The van der Waals surface area contributed by atoms with Crippen LogP contribution in [0, 0.1) is 0 Å². The Bertz CT molecular complexity index is 1190. The van der Waals surface area contributed by atoms with Gasteiger partial charge in [0.25, 0.3) is 5.91 Å². The summed E-state index contributed by atoms with van der Waals surface area (Å²) in [6.45, 7) is 5.19. The Labute approximate surface area is 193 Å². The van der Waals surface area contributed by atoms with Crippen molar-refractivity contribution in [3.63, 3.8) is 0 Å². The molecule has 2 N–H and O–H groups in total. The molecular formula is C19H20BrF3N6O2S. The summed E-state index contributed by atoms with van der Waals surface area (Å²) in [7, 11) is 0. The number of thiophene rings is 1. The number of fused-ring (bicyclic) bond motifs is 1. The highest BCUT2D eigenvalue weighted by molar-refractivity contribution is 9.10. The molecule has 8 nitrogen and oxygen atoms in total. The zero-order valence-electron chi connectivity index (χ0n) is 17.4. The molecule has 3 aromatic heterocycles. The Hall–Kier alpha value is -2.38. The fourth-order valence-electron chi connectivity index (χ4n) is 3.21. The molecule has 0 radical (unpaired) electrons. The molecule has 0 fully saturated rings. The zero-order valence-corrected chi connectivity index (χ0v) is 19.8. The van der Waals surface area contributed by atoms with Gasteiger partial charge in [0.2, 0.25) is 11.7 Å². The molecule has 4 heterocycles. The van der Waals surface area contributed by atoms with Crippen LogP contribution in [0.2, 0.25) is 0 Å². The molecule has 0 aromatic carbocycles. The van der Waals surface area contributed by atoms with Crippen LogP contribution in [0.15, 0.2) is 32.2 Å². The summed E-state index contributed by atoms with van der Waals surface area (Å²) in [5.41, 5.74) is 3.67. The summed E-state index contributed by atoms with van der Waals surface area (Å²) in [6.07, 6.45) is -2.68. The number of amides is 1. The molecule has 1 amide bonds. The lowest BCUT2D eigenvalue weighted by Gasteiger charge is -2.31. The lowest BCUT2D eigenvalue weighted by molar-refractivity contribution is -0.139. The van der Waals surface area contributed by atoms with Crippen molar-refractivity contribution in [2.45, 2.75) is 45.6 Å². The van der Waals surface area contributed by atoms with E-state index in [2.05, 4.69) is 36.8 Å². The van der Waals surface area contributed by atoms with E-state index in [-0.39, 0.29) is 35.4 Å². The number of rotatable bonds is 5. The van der Waals surface area contributed by atoms with E-state index in [1.54, 1.807) is 17.6 Å². The summed E-state index contributed by atoms with van der Waals surface area (Å²) >= 11 is 4.54. The topological polar surface area (TPSA) is 88.2 Å². The van der Waals surface area contributed by atoms with E-state index >= 15 is 0 Å². The maximum Gasteiger partial charge on any atom is 0.406 e. The van der Waals surface area contributed by atoms with Crippen molar-refractivity contribution in [3.8, 4) is 11.5 Å². The first kappa shape index (κ1) is 22.8. The smallest absolute Gasteiger partial charge is 0.343 e. The number of alkyl halides is 3. The summed E-state index contributed by atoms with van der Waals surface area (Å²) in [6, 6.07) is 1.59. The number of nitrogens with zero attached hydrogens (tertiary/aromatic N) is 4. The van der Waals surface area contributed by atoms with Crippen LogP contribution >= 0.6 is 27.3 Å². The number of hydrogen-bond donors (Lipinski definition) is 2. The molecule has 3 aromatic rings. The maximum absolute atomic E-state index is 13.2. The van der Waals surface area contributed by atoms with Crippen molar-refractivity contribution in [1.82, 2.24) is 30.5 Å². The van der Waals surface area contributed by atoms with Gasteiger partial charge in [0, 0.05) is 39.1 Å². The first-order valence-corrected chi connectivity index (χ1v) is 11.3. The van der Waals surface area contributed by atoms with Gasteiger partial charge in [-0.05, 0) is 42.8 Å². The van der Waals surface area contributed by atoms with Crippen molar-refractivity contribution in [2.24, 2.45) is 0 Å². The lowest BCUT2D eigenvalue weighted by Crippen LogP contribution is -2.43. The predicted octanol–water partition coefficient (Wildman–Crippen LogP) is 4.20. The molecule has 1 aliphatic rings. The summed E-state index contributed by atoms with van der Waals surface area (Å²) < 4.78 is 46.5. The van der Waals surface area contributed by atoms with Gasteiger partial charge in [0.1, 0.15) is 11.4 Å². The Morgan fingerprint density at radius 2 is 2.12 bits per heavy atom. The molecule has 32 heavy (non-hydrogen) atoms. The molecular weight excluding hydrogens is 513 g/mol. The molecule has 0 bridgehead atoms. The van der Waals surface area contributed by atoms with Crippen LogP contribution in [-0.2, 0) is 17.9 Å². The van der Waals surface area contributed by atoms with E-state index in [0.29, 0.717) is 26.8 Å². The monoisotopic (exact) mass is 532 g/mol. The highest BCUT2D eigenvalue weighted by Gasteiger charge is 2.32. The molecule has 0 atom stereocenters. The second-order valence-electron chi connectivity index (χ2n) is 8.26. The normalized spacial score (nSPS) is 15.0. The summed E-state index contributed by atoms with van der Waals surface area (Å²) in [4.78, 5) is 17.1. The SMILES string of the molecule is CC(C)(C)N1C=C(C(=O)NCc2nc(-c3cc4c(Br)csc4n3CC(F)(F)F)no2)CN1. The van der Waals surface area contributed by atoms with Gasteiger partial charge in [-0.3, -0.25) is 4.79 Å². The van der Waals surface area contributed by atoms with Crippen molar-refractivity contribution in [1.29, 1.82) is 0 Å². The first-order valence-electron chi connectivity index (χ1n) is 9.60. The predicted molar refractivity (Wildman–Crippen MR) is 116 cm³/mol. The largest absolute Gasteiger partial charge is 0.406 e. The van der Waals surface area contributed by atoms with E-state index < -0.39 is 12.7 Å². The number of hydrazine groups is 1. The van der Waals surface area contributed by atoms with Crippen molar-refractivity contribution < 1.29 is 22.5 Å². The van der Waals surface area contributed by atoms with Gasteiger partial charge in [0.05, 0.1) is 12.2 Å². The molecule has 0 unspecified atom stereocenters. The fraction of sp³-hybridized carbons (Fsp3) is 0.421. The van der Waals surface area contributed by atoms with E-state index in [0.717, 1.165) is 4.57 Å². The molecule has 0 spiro atoms.